The van der Waals surface area contributed by atoms with Crippen molar-refractivity contribution >= 4 is 28.3 Å². The first-order chi connectivity index (χ1) is 9.92. The standard InChI is InChI=1S/C13H15N3O4S/c1-6-9(8(3)20-16-6)5-10(17)15-13-14-7(2)11(21-13)12(18)19-4/h5H2,1-4H3,(H,14,15,17). The quantitative estimate of drug-likeness (QED) is 0.868. The molecule has 2 aromatic rings. The molecule has 7 nitrogen and oxygen atoms in total. The van der Waals surface area contributed by atoms with Crippen molar-refractivity contribution in [1.29, 1.82) is 0 Å². The summed E-state index contributed by atoms with van der Waals surface area (Å²) in [5.41, 5.74) is 1.97. The van der Waals surface area contributed by atoms with Gasteiger partial charge in [0.15, 0.2) is 5.13 Å². The van der Waals surface area contributed by atoms with Gasteiger partial charge in [-0.25, -0.2) is 9.78 Å². The fraction of sp³-hybridized carbons (Fsp3) is 0.385. The SMILES string of the molecule is COC(=O)c1sc(NC(=O)Cc2c(C)noc2C)nc1C. The lowest BCUT2D eigenvalue weighted by atomic mass is 10.1. The van der Waals surface area contributed by atoms with E-state index >= 15 is 0 Å². The summed E-state index contributed by atoms with van der Waals surface area (Å²) in [5.74, 6) is -0.0843. The number of nitrogens with one attached hydrogen (secondary N) is 1. The number of anilines is 1. The number of aromatic nitrogens is 2. The van der Waals surface area contributed by atoms with Crippen LogP contribution in [0.5, 0.6) is 0 Å². The molecule has 2 heterocycles. The Morgan fingerprint density at radius 3 is 2.57 bits per heavy atom. The van der Waals surface area contributed by atoms with Gasteiger partial charge in [0, 0.05) is 5.56 Å². The predicted octanol–water partition coefficient (Wildman–Crippen LogP) is 2.02. The number of aryl methyl sites for hydroxylation is 3. The third-order valence-electron chi connectivity index (χ3n) is 2.93. The summed E-state index contributed by atoms with van der Waals surface area (Å²) >= 11 is 1.08. The predicted molar refractivity (Wildman–Crippen MR) is 76.5 cm³/mol. The van der Waals surface area contributed by atoms with Crippen LogP contribution in [0.2, 0.25) is 0 Å². The van der Waals surface area contributed by atoms with Crippen LogP contribution in [0.4, 0.5) is 5.13 Å². The molecule has 0 fully saturated rings. The van der Waals surface area contributed by atoms with Crippen LogP contribution >= 0.6 is 11.3 Å². The molecule has 0 saturated carbocycles. The molecule has 2 aromatic heterocycles. The Kier molecular flexibility index (Phi) is 4.37. The molecular formula is C13H15N3O4S. The zero-order chi connectivity index (χ0) is 15.6. The van der Waals surface area contributed by atoms with Crippen molar-refractivity contribution in [2.45, 2.75) is 27.2 Å². The number of nitrogens with zero attached hydrogens (tertiary/aromatic N) is 2. The molecule has 0 aliphatic heterocycles. The molecule has 1 amide bonds. The number of carbonyl (C=O) groups is 2. The maximum Gasteiger partial charge on any atom is 0.350 e. The number of thiazole rings is 1. The van der Waals surface area contributed by atoms with Gasteiger partial charge >= 0.3 is 5.97 Å². The van der Waals surface area contributed by atoms with Gasteiger partial charge in [0.2, 0.25) is 5.91 Å². The van der Waals surface area contributed by atoms with Crippen molar-refractivity contribution < 1.29 is 18.8 Å². The Bertz CT molecular complexity index is 670. The second kappa shape index (κ2) is 6.04. The molecule has 1 N–H and O–H groups in total. The molecular weight excluding hydrogens is 294 g/mol. The lowest BCUT2D eigenvalue weighted by Crippen LogP contribution is -2.15. The van der Waals surface area contributed by atoms with Crippen molar-refractivity contribution in [2.24, 2.45) is 0 Å². The molecule has 0 saturated heterocycles. The van der Waals surface area contributed by atoms with Gasteiger partial charge < -0.3 is 14.6 Å². The van der Waals surface area contributed by atoms with Gasteiger partial charge in [0.05, 0.1) is 24.9 Å². The van der Waals surface area contributed by atoms with E-state index < -0.39 is 5.97 Å². The number of ether oxygens (including phenoxy) is 1. The minimum atomic E-state index is -0.462. The largest absolute Gasteiger partial charge is 0.465 e. The van der Waals surface area contributed by atoms with E-state index in [2.05, 4.69) is 20.2 Å². The van der Waals surface area contributed by atoms with E-state index in [4.69, 9.17) is 4.52 Å². The number of methoxy groups -OCH3 is 1. The first-order valence-corrected chi connectivity index (χ1v) is 7.01. The zero-order valence-corrected chi connectivity index (χ0v) is 13.0. The minimum Gasteiger partial charge on any atom is -0.465 e. The van der Waals surface area contributed by atoms with Gasteiger partial charge in [-0.05, 0) is 20.8 Å². The maximum atomic E-state index is 12.0. The van der Waals surface area contributed by atoms with Crippen molar-refractivity contribution in [3.8, 4) is 0 Å². The second-order valence-electron chi connectivity index (χ2n) is 4.45. The molecule has 2 rings (SSSR count). The Morgan fingerprint density at radius 1 is 1.29 bits per heavy atom. The third kappa shape index (κ3) is 3.27. The van der Waals surface area contributed by atoms with Crippen LogP contribution < -0.4 is 5.32 Å². The molecule has 0 aromatic carbocycles. The van der Waals surface area contributed by atoms with E-state index in [1.165, 1.54) is 7.11 Å². The summed E-state index contributed by atoms with van der Waals surface area (Å²) in [6, 6.07) is 0. The van der Waals surface area contributed by atoms with E-state index in [1.807, 2.05) is 0 Å². The monoisotopic (exact) mass is 309 g/mol. The topological polar surface area (TPSA) is 94.3 Å². The Labute approximate surface area is 125 Å². The molecule has 0 radical (unpaired) electrons. The van der Waals surface area contributed by atoms with E-state index in [0.717, 1.165) is 16.9 Å². The molecule has 0 bridgehead atoms. The number of rotatable bonds is 4. The first kappa shape index (κ1) is 15.2. The normalized spacial score (nSPS) is 10.5. The lowest BCUT2D eigenvalue weighted by Gasteiger charge is -2.00. The average Bonchev–Trinajstić information content (AvgIpc) is 2.95. The lowest BCUT2D eigenvalue weighted by molar-refractivity contribution is -0.115. The van der Waals surface area contributed by atoms with Crippen LogP contribution in [-0.2, 0) is 16.0 Å². The van der Waals surface area contributed by atoms with E-state index in [1.54, 1.807) is 20.8 Å². The highest BCUT2D eigenvalue weighted by Gasteiger charge is 2.18. The van der Waals surface area contributed by atoms with Crippen molar-refractivity contribution in [3.63, 3.8) is 0 Å². The summed E-state index contributed by atoms with van der Waals surface area (Å²) in [6.45, 7) is 5.22. The van der Waals surface area contributed by atoms with Crippen LogP contribution in [0.25, 0.3) is 0 Å². The molecule has 0 atom stereocenters. The fourth-order valence-corrected chi connectivity index (χ4v) is 2.71. The van der Waals surface area contributed by atoms with Gasteiger partial charge in [-0.15, -0.1) is 0 Å². The number of hydrogen-bond donors (Lipinski definition) is 1. The number of carbonyl (C=O) groups excluding carboxylic acids is 2. The third-order valence-corrected chi connectivity index (χ3v) is 3.99. The molecule has 0 unspecified atom stereocenters. The highest BCUT2D eigenvalue weighted by atomic mass is 32.1. The van der Waals surface area contributed by atoms with Gasteiger partial charge in [0.25, 0.3) is 0 Å². The first-order valence-electron chi connectivity index (χ1n) is 6.19. The summed E-state index contributed by atoms with van der Waals surface area (Å²) in [5, 5.41) is 6.83. The van der Waals surface area contributed by atoms with Crippen LogP contribution in [0.15, 0.2) is 4.52 Å². The molecule has 0 spiro atoms. The molecule has 112 valence electrons. The van der Waals surface area contributed by atoms with Gasteiger partial charge in [-0.1, -0.05) is 16.5 Å². The number of esters is 1. The Balaban J connectivity index is 2.08. The average molecular weight is 309 g/mol. The van der Waals surface area contributed by atoms with Crippen LogP contribution in [0.3, 0.4) is 0 Å². The highest BCUT2D eigenvalue weighted by Crippen LogP contribution is 2.23. The molecule has 0 aliphatic rings. The Hall–Kier alpha value is -2.22. The summed E-state index contributed by atoms with van der Waals surface area (Å²) in [6.07, 6.45) is 0.146. The molecule has 0 aliphatic carbocycles. The van der Waals surface area contributed by atoms with Gasteiger partial charge in [0.1, 0.15) is 10.6 Å². The smallest absolute Gasteiger partial charge is 0.350 e. The minimum absolute atomic E-state index is 0.146. The Morgan fingerprint density at radius 2 is 2.00 bits per heavy atom. The van der Waals surface area contributed by atoms with E-state index in [9.17, 15) is 9.59 Å². The van der Waals surface area contributed by atoms with Gasteiger partial charge in [-0.2, -0.15) is 0 Å². The molecule has 21 heavy (non-hydrogen) atoms. The molecule has 8 heteroatoms. The number of hydrogen-bond acceptors (Lipinski definition) is 7. The van der Waals surface area contributed by atoms with E-state index in [-0.39, 0.29) is 12.3 Å². The van der Waals surface area contributed by atoms with Crippen LogP contribution in [0, 0.1) is 20.8 Å². The highest BCUT2D eigenvalue weighted by molar-refractivity contribution is 7.17. The van der Waals surface area contributed by atoms with Crippen LogP contribution in [0.1, 0.15) is 32.4 Å². The van der Waals surface area contributed by atoms with Crippen molar-refractivity contribution in [2.75, 3.05) is 12.4 Å². The van der Waals surface area contributed by atoms with Gasteiger partial charge in [-0.3, -0.25) is 4.79 Å². The zero-order valence-electron chi connectivity index (χ0n) is 12.1. The summed E-state index contributed by atoms with van der Waals surface area (Å²) < 4.78 is 9.66. The number of amides is 1. The van der Waals surface area contributed by atoms with E-state index in [0.29, 0.717) is 27.2 Å². The second-order valence-corrected chi connectivity index (χ2v) is 5.45. The van der Waals surface area contributed by atoms with Crippen molar-refractivity contribution in [3.05, 3.63) is 27.6 Å². The fourth-order valence-electron chi connectivity index (χ4n) is 1.81. The van der Waals surface area contributed by atoms with Crippen LogP contribution in [-0.4, -0.2) is 29.1 Å². The summed E-state index contributed by atoms with van der Waals surface area (Å²) in [7, 11) is 1.30. The van der Waals surface area contributed by atoms with Crippen molar-refractivity contribution in [1.82, 2.24) is 10.1 Å². The maximum absolute atomic E-state index is 12.0. The summed E-state index contributed by atoms with van der Waals surface area (Å²) in [4.78, 5) is 28.0.